The summed E-state index contributed by atoms with van der Waals surface area (Å²) in [6.07, 6.45) is 4.21. The maximum Gasteiger partial charge on any atom is 0.224 e. The number of piperidine rings is 1. The zero-order valence-corrected chi connectivity index (χ0v) is 14.4. The summed E-state index contributed by atoms with van der Waals surface area (Å²) in [7, 11) is 0. The number of rotatable bonds is 7. The van der Waals surface area contributed by atoms with Gasteiger partial charge in [0.05, 0.1) is 12.5 Å². The molecule has 23 heavy (non-hydrogen) atoms. The summed E-state index contributed by atoms with van der Waals surface area (Å²) >= 11 is 0. The Kier molecular flexibility index (Phi) is 7.06. The van der Waals surface area contributed by atoms with Crippen LogP contribution in [-0.4, -0.2) is 35.0 Å². The van der Waals surface area contributed by atoms with E-state index in [0.29, 0.717) is 0 Å². The van der Waals surface area contributed by atoms with Crippen molar-refractivity contribution in [3.8, 4) is 0 Å². The van der Waals surface area contributed by atoms with Crippen LogP contribution >= 0.6 is 0 Å². The predicted molar refractivity (Wildman–Crippen MR) is 92.9 cm³/mol. The van der Waals surface area contributed by atoms with Crippen molar-refractivity contribution >= 4 is 5.91 Å². The molecular formula is C19H30N2O2. The number of aliphatic hydroxyl groups excluding tert-OH is 1. The Bertz CT molecular complexity index is 487. The topological polar surface area (TPSA) is 52.6 Å². The summed E-state index contributed by atoms with van der Waals surface area (Å²) < 4.78 is 0. The molecule has 0 bridgehead atoms. The molecule has 1 saturated heterocycles. The van der Waals surface area contributed by atoms with E-state index >= 15 is 0 Å². The minimum atomic E-state index is 0.0855. The summed E-state index contributed by atoms with van der Waals surface area (Å²) in [6.45, 7) is 7.09. The first-order valence-electron chi connectivity index (χ1n) is 8.83. The van der Waals surface area contributed by atoms with Crippen LogP contribution in [0.5, 0.6) is 0 Å². The van der Waals surface area contributed by atoms with Crippen molar-refractivity contribution in [1.29, 1.82) is 0 Å². The lowest BCUT2D eigenvalue weighted by molar-refractivity contribution is -0.127. The molecule has 128 valence electrons. The molecule has 1 aliphatic rings. The first kappa shape index (κ1) is 18.0. The van der Waals surface area contributed by atoms with Gasteiger partial charge in [-0.2, -0.15) is 0 Å². The lowest BCUT2D eigenvalue weighted by Crippen LogP contribution is -2.45. The van der Waals surface area contributed by atoms with Crippen LogP contribution in [0.2, 0.25) is 0 Å². The van der Waals surface area contributed by atoms with E-state index in [-0.39, 0.29) is 24.5 Å². The molecule has 1 aromatic carbocycles. The second-order valence-electron chi connectivity index (χ2n) is 6.75. The van der Waals surface area contributed by atoms with E-state index in [1.165, 1.54) is 5.56 Å². The molecular weight excluding hydrogens is 288 g/mol. The molecule has 1 aliphatic heterocycles. The van der Waals surface area contributed by atoms with Crippen LogP contribution < -0.4 is 5.32 Å². The summed E-state index contributed by atoms with van der Waals surface area (Å²) in [5.74, 6) is 0.325. The standard InChI is InChI=1S/C19H30N2O2/c1-3-5-15(2)20-19(23)18-6-4-11-21(13-18)12-16-7-9-17(14-22)10-8-16/h7-10,15,18,22H,3-6,11-14H2,1-2H3,(H,20,23). The Hall–Kier alpha value is -1.39. The molecule has 0 radical (unpaired) electrons. The number of likely N-dealkylation sites (tertiary alicyclic amines) is 1. The van der Waals surface area contributed by atoms with Gasteiger partial charge in [0.15, 0.2) is 0 Å². The van der Waals surface area contributed by atoms with Crippen LogP contribution in [0.3, 0.4) is 0 Å². The number of nitrogens with one attached hydrogen (secondary N) is 1. The minimum Gasteiger partial charge on any atom is -0.392 e. The van der Waals surface area contributed by atoms with Gasteiger partial charge in [-0.3, -0.25) is 9.69 Å². The van der Waals surface area contributed by atoms with Gasteiger partial charge in [-0.25, -0.2) is 0 Å². The van der Waals surface area contributed by atoms with Gasteiger partial charge in [-0.05, 0) is 43.9 Å². The number of aliphatic hydroxyl groups is 1. The van der Waals surface area contributed by atoms with E-state index < -0.39 is 0 Å². The molecule has 1 heterocycles. The highest BCUT2D eigenvalue weighted by Gasteiger charge is 2.26. The largest absolute Gasteiger partial charge is 0.392 e. The van der Waals surface area contributed by atoms with Gasteiger partial charge < -0.3 is 10.4 Å². The lowest BCUT2D eigenvalue weighted by Gasteiger charge is -2.32. The number of hydrogen-bond acceptors (Lipinski definition) is 3. The number of carbonyl (C=O) groups is 1. The third kappa shape index (κ3) is 5.63. The molecule has 0 aliphatic carbocycles. The third-order valence-electron chi connectivity index (χ3n) is 4.60. The second kappa shape index (κ2) is 9.04. The predicted octanol–water partition coefficient (Wildman–Crippen LogP) is 2.70. The smallest absolute Gasteiger partial charge is 0.224 e. The minimum absolute atomic E-state index is 0.0855. The molecule has 4 heteroatoms. The fourth-order valence-electron chi connectivity index (χ4n) is 3.29. The normalized spacial score (nSPS) is 20.2. The van der Waals surface area contributed by atoms with Crippen molar-refractivity contribution in [2.24, 2.45) is 5.92 Å². The molecule has 0 aromatic heterocycles. The number of benzene rings is 1. The van der Waals surface area contributed by atoms with Gasteiger partial charge >= 0.3 is 0 Å². The molecule has 2 N–H and O–H groups in total. The Morgan fingerprint density at radius 1 is 1.35 bits per heavy atom. The molecule has 1 amide bonds. The van der Waals surface area contributed by atoms with Gasteiger partial charge in [0.25, 0.3) is 0 Å². The molecule has 2 rings (SSSR count). The van der Waals surface area contributed by atoms with Crippen LogP contribution in [0, 0.1) is 5.92 Å². The summed E-state index contributed by atoms with van der Waals surface area (Å²) in [6, 6.07) is 8.34. The Labute approximate surface area is 139 Å². The van der Waals surface area contributed by atoms with Gasteiger partial charge in [-0.15, -0.1) is 0 Å². The van der Waals surface area contributed by atoms with Crippen molar-refractivity contribution < 1.29 is 9.90 Å². The van der Waals surface area contributed by atoms with Crippen molar-refractivity contribution in [1.82, 2.24) is 10.2 Å². The van der Waals surface area contributed by atoms with Crippen molar-refractivity contribution in [2.75, 3.05) is 13.1 Å². The van der Waals surface area contributed by atoms with E-state index in [1.54, 1.807) is 0 Å². The van der Waals surface area contributed by atoms with Crippen LogP contribution in [-0.2, 0) is 17.9 Å². The van der Waals surface area contributed by atoms with Crippen LogP contribution in [0.4, 0.5) is 0 Å². The third-order valence-corrected chi connectivity index (χ3v) is 4.60. The number of carbonyl (C=O) groups excluding carboxylic acids is 1. The summed E-state index contributed by atoms with van der Waals surface area (Å²) in [4.78, 5) is 14.8. The van der Waals surface area contributed by atoms with E-state index in [2.05, 4.69) is 36.2 Å². The Balaban J connectivity index is 1.85. The highest BCUT2D eigenvalue weighted by atomic mass is 16.3. The maximum atomic E-state index is 12.4. The molecule has 2 atom stereocenters. The van der Waals surface area contributed by atoms with E-state index in [1.807, 2.05) is 12.1 Å². The average molecular weight is 318 g/mol. The zero-order valence-electron chi connectivity index (χ0n) is 14.4. The number of amides is 1. The van der Waals surface area contributed by atoms with E-state index in [0.717, 1.165) is 50.9 Å². The number of nitrogens with zero attached hydrogens (tertiary/aromatic N) is 1. The van der Waals surface area contributed by atoms with E-state index in [9.17, 15) is 4.79 Å². The Morgan fingerprint density at radius 3 is 2.70 bits per heavy atom. The highest BCUT2D eigenvalue weighted by Crippen LogP contribution is 2.19. The highest BCUT2D eigenvalue weighted by molar-refractivity contribution is 5.79. The van der Waals surface area contributed by atoms with E-state index in [4.69, 9.17) is 5.11 Å². The molecule has 1 fully saturated rings. The maximum absolute atomic E-state index is 12.4. The summed E-state index contributed by atoms with van der Waals surface area (Å²) in [5.41, 5.74) is 2.18. The van der Waals surface area contributed by atoms with Crippen molar-refractivity contribution in [3.05, 3.63) is 35.4 Å². The molecule has 2 unspecified atom stereocenters. The first-order chi connectivity index (χ1) is 11.1. The summed E-state index contributed by atoms with van der Waals surface area (Å²) in [5, 5.41) is 12.3. The first-order valence-corrected chi connectivity index (χ1v) is 8.83. The molecule has 0 saturated carbocycles. The molecule has 4 nitrogen and oxygen atoms in total. The number of hydrogen-bond donors (Lipinski definition) is 2. The van der Waals surface area contributed by atoms with Crippen molar-refractivity contribution in [3.63, 3.8) is 0 Å². The van der Waals surface area contributed by atoms with Gasteiger partial charge in [0, 0.05) is 19.1 Å². The molecule has 1 aromatic rings. The fourth-order valence-corrected chi connectivity index (χ4v) is 3.29. The van der Waals surface area contributed by atoms with Gasteiger partial charge in [-0.1, -0.05) is 37.6 Å². The quantitative estimate of drug-likeness (QED) is 0.813. The van der Waals surface area contributed by atoms with Crippen LogP contribution in [0.25, 0.3) is 0 Å². The Morgan fingerprint density at radius 2 is 2.04 bits per heavy atom. The SMILES string of the molecule is CCCC(C)NC(=O)C1CCCN(Cc2ccc(CO)cc2)C1. The second-order valence-corrected chi connectivity index (χ2v) is 6.75. The van der Waals surface area contributed by atoms with Gasteiger partial charge in [0.1, 0.15) is 0 Å². The zero-order chi connectivity index (χ0) is 16.7. The lowest BCUT2D eigenvalue weighted by atomic mass is 9.96. The van der Waals surface area contributed by atoms with Crippen LogP contribution in [0.15, 0.2) is 24.3 Å². The molecule has 0 spiro atoms. The fraction of sp³-hybridized carbons (Fsp3) is 0.632. The van der Waals surface area contributed by atoms with Gasteiger partial charge in [0.2, 0.25) is 5.91 Å². The van der Waals surface area contributed by atoms with Crippen LogP contribution in [0.1, 0.15) is 50.7 Å². The van der Waals surface area contributed by atoms with Crippen molar-refractivity contribution in [2.45, 2.75) is 58.7 Å². The average Bonchev–Trinajstić information content (AvgIpc) is 2.56. The monoisotopic (exact) mass is 318 g/mol.